The summed E-state index contributed by atoms with van der Waals surface area (Å²) in [5.41, 5.74) is 1.93. The molecule has 4 unspecified atom stereocenters. The number of hydrogen-bond acceptors (Lipinski definition) is 2. The van der Waals surface area contributed by atoms with Crippen molar-refractivity contribution >= 4 is 5.91 Å². The number of nitrogens with zero attached hydrogens (tertiary/aromatic N) is 2. The molecular formula is C29H46N2O. The predicted molar refractivity (Wildman–Crippen MR) is 132 cm³/mol. The third kappa shape index (κ3) is 6.14. The number of rotatable bonds is 13. The number of amides is 1. The first kappa shape index (κ1) is 23.8. The molecule has 0 aliphatic heterocycles. The zero-order valence-corrected chi connectivity index (χ0v) is 20.6. The van der Waals surface area contributed by atoms with E-state index in [0.29, 0.717) is 11.3 Å². The average Bonchev–Trinajstić information content (AvgIpc) is 2.97. The van der Waals surface area contributed by atoms with E-state index in [0.717, 1.165) is 56.5 Å². The van der Waals surface area contributed by atoms with Gasteiger partial charge in [-0.2, -0.15) is 0 Å². The minimum Gasteiger partial charge on any atom is -0.343 e. The van der Waals surface area contributed by atoms with Gasteiger partial charge in [0.25, 0.3) is 0 Å². The van der Waals surface area contributed by atoms with Gasteiger partial charge in [0, 0.05) is 31.9 Å². The number of fused-ring (bicyclic) bond motifs is 2. The van der Waals surface area contributed by atoms with Gasteiger partial charge in [-0.05, 0) is 105 Å². The molecular weight excluding hydrogens is 392 g/mol. The number of carbonyl (C=O) groups is 1. The largest absolute Gasteiger partial charge is 0.343 e. The van der Waals surface area contributed by atoms with Crippen LogP contribution in [0.1, 0.15) is 109 Å². The quantitative estimate of drug-likeness (QED) is 0.305. The monoisotopic (exact) mass is 438 g/mol. The van der Waals surface area contributed by atoms with E-state index in [-0.39, 0.29) is 0 Å². The minimum absolute atomic E-state index is 0.425. The van der Waals surface area contributed by atoms with Crippen molar-refractivity contribution in [2.75, 3.05) is 13.1 Å². The number of aryl methyl sites for hydroxylation is 1. The van der Waals surface area contributed by atoms with E-state index in [1.807, 2.05) is 12.4 Å². The maximum atomic E-state index is 13.2. The Kier molecular flexibility index (Phi) is 8.66. The molecule has 0 radical (unpaired) electrons. The number of pyridine rings is 1. The zero-order valence-electron chi connectivity index (χ0n) is 20.6. The molecule has 1 heterocycles. The molecule has 3 aliphatic rings. The number of carbonyl (C=O) groups excluding carboxylic acids is 1. The molecule has 0 saturated heterocycles. The third-order valence-corrected chi connectivity index (χ3v) is 9.12. The number of hydrogen-bond donors (Lipinski definition) is 0. The van der Waals surface area contributed by atoms with Crippen LogP contribution in [-0.2, 0) is 11.2 Å². The zero-order chi connectivity index (χ0) is 22.2. The highest BCUT2D eigenvalue weighted by molar-refractivity contribution is 5.76. The van der Waals surface area contributed by atoms with Crippen molar-refractivity contribution in [2.24, 2.45) is 23.2 Å². The highest BCUT2D eigenvalue weighted by atomic mass is 16.2. The number of unbranched alkanes of at least 4 members (excludes halogenated alkanes) is 4. The third-order valence-electron chi connectivity index (χ3n) is 9.12. The summed E-state index contributed by atoms with van der Waals surface area (Å²) in [6.07, 6.45) is 24.2. The normalized spacial score (nSPS) is 28.6. The summed E-state index contributed by atoms with van der Waals surface area (Å²) in [6.45, 7) is 4.26. The van der Waals surface area contributed by atoms with E-state index in [2.05, 4.69) is 28.9 Å². The molecule has 1 aromatic rings. The first-order chi connectivity index (χ1) is 15.7. The van der Waals surface area contributed by atoms with Crippen molar-refractivity contribution in [1.82, 2.24) is 9.88 Å². The van der Waals surface area contributed by atoms with Crippen molar-refractivity contribution in [3.63, 3.8) is 0 Å². The topological polar surface area (TPSA) is 33.2 Å². The molecule has 3 saturated carbocycles. The van der Waals surface area contributed by atoms with Crippen LogP contribution in [0.15, 0.2) is 24.5 Å². The fourth-order valence-electron chi connectivity index (χ4n) is 7.45. The predicted octanol–water partition coefficient (Wildman–Crippen LogP) is 7.20. The van der Waals surface area contributed by atoms with Gasteiger partial charge < -0.3 is 4.90 Å². The first-order valence-corrected chi connectivity index (χ1v) is 13.9. The van der Waals surface area contributed by atoms with Crippen LogP contribution >= 0.6 is 0 Å². The lowest BCUT2D eigenvalue weighted by Gasteiger charge is -2.37. The summed E-state index contributed by atoms with van der Waals surface area (Å²) in [5.74, 6) is 3.42. The van der Waals surface area contributed by atoms with Crippen LogP contribution in [0.5, 0.6) is 0 Å². The Morgan fingerprint density at radius 2 is 1.88 bits per heavy atom. The van der Waals surface area contributed by atoms with E-state index in [1.54, 1.807) is 0 Å². The maximum Gasteiger partial charge on any atom is 0.222 e. The Morgan fingerprint density at radius 3 is 2.72 bits per heavy atom. The molecule has 3 nitrogen and oxygen atoms in total. The average molecular weight is 439 g/mol. The molecule has 178 valence electrons. The Morgan fingerprint density at radius 1 is 1.03 bits per heavy atom. The van der Waals surface area contributed by atoms with Crippen molar-refractivity contribution in [1.29, 1.82) is 0 Å². The molecule has 1 aromatic heterocycles. The summed E-state index contributed by atoms with van der Waals surface area (Å²) in [7, 11) is 0. The molecule has 4 rings (SSSR count). The van der Waals surface area contributed by atoms with Gasteiger partial charge in [-0.1, -0.05) is 39.0 Å². The molecule has 0 aromatic carbocycles. The fraction of sp³-hybridized carbons (Fsp3) is 0.793. The molecule has 3 aliphatic carbocycles. The molecule has 1 amide bonds. The van der Waals surface area contributed by atoms with Crippen LogP contribution in [0, 0.1) is 23.2 Å². The number of aromatic nitrogens is 1. The Bertz CT molecular complexity index is 704. The minimum atomic E-state index is 0.425. The van der Waals surface area contributed by atoms with E-state index >= 15 is 0 Å². The lowest BCUT2D eigenvalue weighted by atomic mass is 9.71. The standard InChI is InChI=1S/C29H46N2O/c1-2-3-7-18-31(28(32)11-6-4-5-9-24-12-16-30-17-13-24)19-15-29-14-8-10-25-20-26(23-29)22-27(29)21-25/h12-13,16-17,25-27H,2-11,14-15,18-23H2,1H3. The highest BCUT2D eigenvalue weighted by Gasteiger charge is 2.51. The van der Waals surface area contributed by atoms with Crippen molar-refractivity contribution < 1.29 is 4.79 Å². The van der Waals surface area contributed by atoms with Gasteiger partial charge in [0.2, 0.25) is 5.91 Å². The maximum absolute atomic E-state index is 13.2. The summed E-state index contributed by atoms with van der Waals surface area (Å²) in [6, 6.07) is 4.21. The smallest absolute Gasteiger partial charge is 0.222 e. The Balaban J connectivity index is 1.25. The van der Waals surface area contributed by atoms with Crippen molar-refractivity contribution in [3.05, 3.63) is 30.1 Å². The van der Waals surface area contributed by atoms with Crippen LogP contribution in [0.4, 0.5) is 0 Å². The van der Waals surface area contributed by atoms with E-state index < -0.39 is 0 Å². The van der Waals surface area contributed by atoms with E-state index in [4.69, 9.17) is 0 Å². The Labute approximate surface area is 196 Å². The summed E-state index contributed by atoms with van der Waals surface area (Å²) in [5, 5.41) is 0. The summed E-state index contributed by atoms with van der Waals surface area (Å²) in [4.78, 5) is 19.6. The van der Waals surface area contributed by atoms with E-state index in [9.17, 15) is 4.79 Å². The van der Waals surface area contributed by atoms with Crippen LogP contribution in [0.3, 0.4) is 0 Å². The second-order valence-electron chi connectivity index (χ2n) is 11.3. The van der Waals surface area contributed by atoms with Crippen LogP contribution in [0.2, 0.25) is 0 Å². The van der Waals surface area contributed by atoms with Gasteiger partial charge in [0.15, 0.2) is 0 Å². The van der Waals surface area contributed by atoms with Gasteiger partial charge in [-0.3, -0.25) is 9.78 Å². The molecule has 3 fully saturated rings. The lowest BCUT2D eigenvalue weighted by Crippen LogP contribution is -2.37. The summed E-state index contributed by atoms with van der Waals surface area (Å²) >= 11 is 0. The second kappa shape index (κ2) is 11.7. The highest BCUT2D eigenvalue weighted by Crippen LogP contribution is 2.61. The van der Waals surface area contributed by atoms with Gasteiger partial charge in [0.05, 0.1) is 0 Å². The molecule has 0 spiro atoms. The van der Waals surface area contributed by atoms with Gasteiger partial charge in [-0.25, -0.2) is 0 Å². The van der Waals surface area contributed by atoms with Crippen LogP contribution in [0.25, 0.3) is 0 Å². The first-order valence-electron chi connectivity index (χ1n) is 13.9. The molecule has 3 bridgehead atoms. The molecule has 4 atom stereocenters. The SMILES string of the molecule is CCCCCN(CCC12CCCC3CC(CC1C3)C2)C(=O)CCCCCc1ccncc1. The van der Waals surface area contributed by atoms with Gasteiger partial charge >= 0.3 is 0 Å². The van der Waals surface area contributed by atoms with Crippen LogP contribution in [-0.4, -0.2) is 28.9 Å². The van der Waals surface area contributed by atoms with E-state index in [1.165, 1.54) is 82.6 Å². The molecule has 32 heavy (non-hydrogen) atoms. The van der Waals surface area contributed by atoms with Crippen molar-refractivity contribution in [2.45, 2.75) is 110 Å². The van der Waals surface area contributed by atoms with Crippen LogP contribution < -0.4 is 0 Å². The summed E-state index contributed by atoms with van der Waals surface area (Å²) < 4.78 is 0. The second-order valence-corrected chi connectivity index (χ2v) is 11.3. The Hall–Kier alpha value is -1.38. The van der Waals surface area contributed by atoms with Gasteiger partial charge in [0.1, 0.15) is 0 Å². The van der Waals surface area contributed by atoms with Gasteiger partial charge in [-0.15, -0.1) is 0 Å². The lowest BCUT2D eigenvalue weighted by molar-refractivity contribution is -0.132. The molecule has 0 N–H and O–H groups in total. The fourth-order valence-corrected chi connectivity index (χ4v) is 7.45. The molecule has 3 heteroatoms. The van der Waals surface area contributed by atoms with Crippen molar-refractivity contribution in [3.8, 4) is 0 Å².